The molecule has 0 bridgehead atoms. The highest BCUT2D eigenvalue weighted by Crippen LogP contribution is 2.32. The molecule has 1 fully saturated rings. The van der Waals surface area contributed by atoms with Crippen molar-refractivity contribution in [3.63, 3.8) is 0 Å². The van der Waals surface area contributed by atoms with Crippen molar-refractivity contribution in [2.45, 2.75) is 26.1 Å². The van der Waals surface area contributed by atoms with Crippen molar-refractivity contribution in [1.82, 2.24) is 15.1 Å². The zero-order valence-electron chi connectivity index (χ0n) is 15.1. The minimum Gasteiger partial charge on any atom is -0.442 e. The molecule has 1 atom stereocenters. The van der Waals surface area contributed by atoms with Gasteiger partial charge in [0, 0.05) is 32.3 Å². The minimum absolute atomic E-state index is 0.193. The fraction of sp³-hybridized carbons (Fsp3) is 0.389. The fourth-order valence-corrected chi connectivity index (χ4v) is 3.48. The average molecular weight is 373 g/mol. The molecule has 4 rings (SSSR count). The monoisotopic (exact) mass is 373 g/mol. The van der Waals surface area contributed by atoms with E-state index in [0.717, 1.165) is 11.3 Å². The molecule has 1 N–H and O–H groups in total. The van der Waals surface area contributed by atoms with Crippen LogP contribution in [0.3, 0.4) is 0 Å². The number of aryl methyl sites for hydroxylation is 1. The van der Waals surface area contributed by atoms with Gasteiger partial charge in [0.1, 0.15) is 11.9 Å². The Morgan fingerprint density at radius 1 is 1.41 bits per heavy atom. The molecule has 1 aromatic heterocycles. The molecule has 2 aliphatic heterocycles. The first-order chi connectivity index (χ1) is 12.9. The van der Waals surface area contributed by atoms with Crippen molar-refractivity contribution >= 4 is 23.4 Å². The summed E-state index contributed by atoms with van der Waals surface area (Å²) in [6.45, 7) is 3.05. The number of amides is 2. The summed E-state index contributed by atoms with van der Waals surface area (Å²) in [4.78, 5) is 26.4. The molecule has 1 saturated heterocycles. The van der Waals surface area contributed by atoms with Crippen LogP contribution in [0.4, 0.5) is 20.6 Å². The van der Waals surface area contributed by atoms with Gasteiger partial charge in [-0.2, -0.15) is 5.10 Å². The Kier molecular flexibility index (Phi) is 4.21. The maximum absolute atomic E-state index is 14.7. The molecule has 0 saturated carbocycles. The van der Waals surface area contributed by atoms with Gasteiger partial charge < -0.3 is 15.0 Å². The van der Waals surface area contributed by atoms with Gasteiger partial charge in [-0.1, -0.05) is 0 Å². The molecule has 2 amide bonds. The number of fused-ring (bicyclic) bond motifs is 1. The Bertz CT molecular complexity index is 889. The van der Waals surface area contributed by atoms with E-state index in [1.165, 1.54) is 17.9 Å². The van der Waals surface area contributed by atoms with Crippen LogP contribution in [0.25, 0.3) is 0 Å². The molecule has 0 radical (unpaired) electrons. The first-order valence-corrected chi connectivity index (χ1v) is 8.69. The van der Waals surface area contributed by atoms with E-state index < -0.39 is 18.0 Å². The predicted molar refractivity (Wildman–Crippen MR) is 95.8 cm³/mol. The van der Waals surface area contributed by atoms with E-state index in [9.17, 15) is 14.0 Å². The van der Waals surface area contributed by atoms with Crippen LogP contribution in [-0.4, -0.2) is 41.0 Å². The number of nitrogens with zero attached hydrogens (tertiary/aromatic N) is 4. The number of ether oxygens (including phenoxy) is 1. The van der Waals surface area contributed by atoms with Crippen LogP contribution in [0.5, 0.6) is 0 Å². The lowest BCUT2D eigenvalue weighted by Crippen LogP contribution is -2.33. The molecule has 1 aromatic carbocycles. The second-order valence-electron chi connectivity index (χ2n) is 6.82. The third-order valence-corrected chi connectivity index (χ3v) is 4.73. The Hall–Kier alpha value is -3.10. The average Bonchev–Trinajstić information content (AvgIpc) is 3.25. The Balaban J connectivity index is 1.47. The van der Waals surface area contributed by atoms with Crippen molar-refractivity contribution in [2.75, 3.05) is 22.9 Å². The van der Waals surface area contributed by atoms with Crippen LogP contribution in [0, 0.1) is 5.82 Å². The molecule has 0 unspecified atom stereocenters. The lowest BCUT2D eigenvalue weighted by molar-refractivity contribution is -0.119. The van der Waals surface area contributed by atoms with E-state index in [0.29, 0.717) is 24.5 Å². The van der Waals surface area contributed by atoms with Gasteiger partial charge in [-0.15, -0.1) is 0 Å². The Morgan fingerprint density at radius 3 is 2.93 bits per heavy atom. The minimum atomic E-state index is -0.546. The number of anilines is 2. The van der Waals surface area contributed by atoms with Crippen LogP contribution in [0.2, 0.25) is 0 Å². The number of cyclic esters (lactones) is 1. The highest BCUT2D eigenvalue weighted by atomic mass is 19.1. The molecular weight excluding hydrogens is 353 g/mol. The maximum Gasteiger partial charge on any atom is 0.414 e. The third-order valence-electron chi connectivity index (χ3n) is 4.73. The molecule has 2 aliphatic rings. The lowest BCUT2D eigenvalue weighted by atomic mass is 10.2. The number of hydrogen-bond acceptors (Lipinski definition) is 5. The summed E-state index contributed by atoms with van der Waals surface area (Å²) in [6, 6.07) is 4.72. The number of carbonyl (C=O) groups is 2. The number of carbonyl (C=O) groups excluding carboxylic acids is 2. The standard InChI is InChI=1S/C18H20FN5O3/c1-11(25)20-6-14-9-24(18(26)27-14)13-3-4-17(15(19)5-13)23-8-12-7-22(2)21-16(12)10-23/h3-5,7,14H,6,8-10H2,1-2H3,(H,20,25)/t14-/m0/s1. The van der Waals surface area contributed by atoms with Gasteiger partial charge in [-0.3, -0.25) is 14.4 Å². The number of halogens is 1. The largest absolute Gasteiger partial charge is 0.442 e. The van der Waals surface area contributed by atoms with Gasteiger partial charge in [0.2, 0.25) is 5.91 Å². The van der Waals surface area contributed by atoms with Crippen LogP contribution < -0.4 is 15.1 Å². The smallest absolute Gasteiger partial charge is 0.414 e. The summed E-state index contributed by atoms with van der Waals surface area (Å²) in [7, 11) is 1.87. The van der Waals surface area contributed by atoms with E-state index in [1.807, 2.05) is 18.1 Å². The summed E-state index contributed by atoms with van der Waals surface area (Å²) in [5.41, 5.74) is 2.94. The van der Waals surface area contributed by atoms with E-state index in [4.69, 9.17) is 4.74 Å². The van der Waals surface area contributed by atoms with Gasteiger partial charge in [-0.05, 0) is 18.2 Å². The van der Waals surface area contributed by atoms with Crippen LogP contribution in [0.1, 0.15) is 18.2 Å². The maximum atomic E-state index is 14.7. The fourth-order valence-electron chi connectivity index (χ4n) is 3.48. The second kappa shape index (κ2) is 6.57. The highest BCUT2D eigenvalue weighted by molar-refractivity contribution is 5.90. The highest BCUT2D eigenvalue weighted by Gasteiger charge is 2.33. The summed E-state index contributed by atoms with van der Waals surface area (Å²) in [5.74, 6) is -0.596. The summed E-state index contributed by atoms with van der Waals surface area (Å²) in [5, 5.41) is 6.99. The molecule has 0 aliphatic carbocycles. The summed E-state index contributed by atoms with van der Waals surface area (Å²) < 4.78 is 21.7. The lowest BCUT2D eigenvalue weighted by Gasteiger charge is -2.20. The zero-order valence-corrected chi connectivity index (χ0v) is 15.1. The molecule has 2 aromatic rings. The summed E-state index contributed by atoms with van der Waals surface area (Å²) >= 11 is 0. The normalized spacial score (nSPS) is 18.6. The van der Waals surface area contributed by atoms with Crippen molar-refractivity contribution in [1.29, 1.82) is 0 Å². The van der Waals surface area contributed by atoms with E-state index in [1.54, 1.807) is 16.8 Å². The number of rotatable bonds is 4. The number of aromatic nitrogens is 2. The molecular formula is C18H20FN5O3. The summed E-state index contributed by atoms with van der Waals surface area (Å²) in [6.07, 6.45) is 0.941. The van der Waals surface area contributed by atoms with Crippen LogP contribution >= 0.6 is 0 Å². The topological polar surface area (TPSA) is 79.7 Å². The zero-order chi connectivity index (χ0) is 19.1. The molecule has 0 spiro atoms. The number of nitrogens with one attached hydrogen (secondary N) is 1. The van der Waals surface area contributed by atoms with Crippen molar-refractivity contribution < 1.29 is 18.7 Å². The molecule has 142 valence electrons. The van der Waals surface area contributed by atoms with Gasteiger partial charge in [0.05, 0.1) is 36.7 Å². The second-order valence-corrected chi connectivity index (χ2v) is 6.82. The van der Waals surface area contributed by atoms with Crippen molar-refractivity contribution in [2.24, 2.45) is 7.05 Å². The molecule has 3 heterocycles. The third kappa shape index (κ3) is 3.32. The molecule has 27 heavy (non-hydrogen) atoms. The van der Waals surface area contributed by atoms with Crippen LogP contribution in [0.15, 0.2) is 24.4 Å². The first kappa shape index (κ1) is 17.3. The van der Waals surface area contributed by atoms with Gasteiger partial charge >= 0.3 is 6.09 Å². The van der Waals surface area contributed by atoms with Gasteiger partial charge in [0.25, 0.3) is 0 Å². The van der Waals surface area contributed by atoms with E-state index in [2.05, 4.69) is 10.4 Å². The predicted octanol–water partition coefficient (Wildman–Crippen LogP) is 1.54. The van der Waals surface area contributed by atoms with Crippen molar-refractivity contribution in [3.8, 4) is 0 Å². The number of benzene rings is 1. The van der Waals surface area contributed by atoms with Crippen molar-refractivity contribution in [3.05, 3.63) is 41.5 Å². The first-order valence-electron chi connectivity index (χ1n) is 8.69. The van der Waals surface area contributed by atoms with Gasteiger partial charge in [-0.25, -0.2) is 9.18 Å². The van der Waals surface area contributed by atoms with Crippen LogP contribution in [-0.2, 0) is 29.7 Å². The molecule has 9 heteroatoms. The SMILES string of the molecule is CC(=O)NC[C@H]1CN(c2ccc(N3Cc4cn(C)nc4C3)c(F)c2)C(=O)O1. The van der Waals surface area contributed by atoms with E-state index >= 15 is 0 Å². The Morgan fingerprint density at radius 2 is 2.22 bits per heavy atom. The Labute approximate surface area is 155 Å². The van der Waals surface area contributed by atoms with Gasteiger partial charge in [0.15, 0.2) is 0 Å². The van der Waals surface area contributed by atoms with E-state index in [-0.39, 0.29) is 19.0 Å². The quantitative estimate of drug-likeness (QED) is 0.880. The number of hydrogen-bond donors (Lipinski definition) is 1. The molecule has 8 nitrogen and oxygen atoms in total.